The number of aryl methyl sites for hydroxylation is 1. The summed E-state index contributed by atoms with van der Waals surface area (Å²) < 4.78 is 21.2. The van der Waals surface area contributed by atoms with Crippen LogP contribution in [0.1, 0.15) is 33.0 Å². The van der Waals surface area contributed by atoms with E-state index in [1.165, 1.54) is 18.4 Å². The van der Waals surface area contributed by atoms with Crippen molar-refractivity contribution in [3.63, 3.8) is 0 Å². The summed E-state index contributed by atoms with van der Waals surface area (Å²) in [5.41, 5.74) is 1.05. The smallest absolute Gasteiger partial charge is 0.311 e. The Morgan fingerprint density at radius 2 is 2.17 bits per heavy atom. The largest absolute Gasteiger partial charge is 0.479 e. The molecule has 29 heavy (non-hydrogen) atoms. The van der Waals surface area contributed by atoms with Gasteiger partial charge in [0.1, 0.15) is 17.3 Å². The van der Waals surface area contributed by atoms with Gasteiger partial charge in [-0.3, -0.25) is 9.59 Å². The monoisotopic (exact) mass is 411 g/mol. The minimum Gasteiger partial charge on any atom is -0.479 e. The minimum absolute atomic E-state index is 0.109. The van der Waals surface area contributed by atoms with Crippen LogP contribution in [0.5, 0.6) is 17.4 Å². The number of aromatic nitrogens is 1. The van der Waals surface area contributed by atoms with Gasteiger partial charge in [-0.05, 0) is 35.7 Å². The van der Waals surface area contributed by atoms with Gasteiger partial charge in [-0.2, -0.15) is 0 Å². The third-order valence-corrected chi connectivity index (χ3v) is 5.22. The van der Waals surface area contributed by atoms with E-state index in [-0.39, 0.29) is 18.0 Å². The Morgan fingerprint density at radius 3 is 2.90 bits per heavy atom. The molecule has 0 N–H and O–H groups in total. The number of fused-ring (bicyclic) bond motifs is 1. The SMILES string of the molecule is COc1cc(CCC(=O)Oc2ccc3c(c2C)O/C(=C\c2cccs2)C3=O)on1. The van der Waals surface area contributed by atoms with Gasteiger partial charge in [0.15, 0.2) is 5.76 Å². The average Bonchev–Trinajstić information content (AvgIpc) is 3.45. The highest BCUT2D eigenvalue weighted by Gasteiger charge is 2.30. The highest BCUT2D eigenvalue weighted by atomic mass is 32.1. The molecule has 0 unspecified atom stereocenters. The fraction of sp³-hybridized carbons (Fsp3) is 0.190. The number of hydrogen-bond acceptors (Lipinski definition) is 8. The number of carbonyl (C=O) groups excluding carboxylic acids is 2. The first-order chi connectivity index (χ1) is 14.0. The van der Waals surface area contributed by atoms with Crippen LogP contribution in [-0.2, 0) is 11.2 Å². The summed E-state index contributed by atoms with van der Waals surface area (Å²) in [4.78, 5) is 25.7. The molecule has 148 valence electrons. The Morgan fingerprint density at radius 1 is 1.31 bits per heavy atom. The Balaban J connectivity index is 1.45. The normalized spacial score (nSPS) is 14.0. The second-order valence-corrected chi connectivity index (χ2v) is 7.31. The van der Waals surface area contributed by atoms with E-state index >= 15 is 0 Å². The first-order valence-corrected chi connectivity index (χ1v) is 9.74. The molecular weight excluding hydrogens is 394 g/mol. The van der Waals surface area contributed by atoms with Gasteiger partial charge in [-0.15, -0.1) is 11.3 Å². The molecule has 0 fully saturated rings. The summed E-state index contributed by atoms with van der Waals surface area (Å²) in [5.74, 6) is 1.30. The zero-order chi connectivity index (χ0) is 20.4. The third-order valence-electron chi connectivity index (χ3n) is 4.40. The molecule has 0 radical (unpaired) electrons. The first-order valence-electron chi connectivity index (χ1n) is 8.87. The number of hydrogen-bond donors (Lipinski definition) is 0. The van der Waals surface area contributed by atoms with Crippen LogP contribution < -0.4 is 14.2 Å². The fourth-order valence-corrected chi connectivity index (χ4v) is 3.53. The number of Topliss-reactive ketones (excluding diaryl/α,β-unsaturated/α-hetero) is 1. The number of thiophene rings is 1. The molecule has 0 saturated carbocycles. The van der Waals surface area contributed by atoms with Crippen LogP contribution in [0, 0.1) is 6.92 Å². The fourth-order valence-electron chi connectivity index (χ4n) is 2.89. The maximum atomic E-state index is 12.6. The predicted octanol–water partition coefficient (Wildman–Crippen LogP) is 4.21. The third kappa shape index (κ3) is 3.93. The van der Waals surface area contributed by atoms with Crippen molar-refractivity contribution in [3.8, 4) is 17.4 Å². The van der Waals surface area contributed by atoms with Gasteiger partial charge in [0.25, 0.3) is 5.88 Å². The summed E-state index contributed by atoms with van der Waals surface area (Å²) in [5, 5.41) is 5.62. The molecule has 1 aliphatic rings. The van der Waals surface area contributed by atoms with Crippen LogP contribution in [0.2, 0.25) is 0 Å². The summed E-state index contributed by atoms with van der Waals surface area (Å²) >= 11 is 1.51. The van der Waals surface area contributed by atoms with Gasteiger partial charge in [0.2, 0.25) is 5.78 Å². The number of methoxy groups -OCH3 is 1. The summed E-state index contributed by atoms with van der Waals surface area (Å²) in [6.07, 6.45) is 2.16. The lowest BCUT2D eigenvalue weighted by Gasteiger charge is -2.09. The van der Waals surface area contributed by atoms with E-state index < -0.39 is 5.97 Å². The molecule has 0 aliphatic carbocycles. The number of carbonyl (C=O) groups is 2. The van der Waals surface area contributed by atoms with Crippen LogP contribution in [0.3, 0.4) is 0 Å². The number of rotatable bonds is 6. The first kappa shape index (κ1) is 18.9. The molecule has 0 saturated heterocycles. The molecule has 8 heteroatoms. The Labute approximate surface area is 170 Å². The van der Waals surface area contributed by atoms with Crippen molar-refractivity contribution in [2.24, 2.45) is 0 Å². The van der Waals surface area contributed by atoms with E-state index in [1.807, 2.05) is 17.5 Å². The molecule has 3 heterocycles. The van der Waals surface area contributed by atoms with Crippen molar-refractivity contribution in [1.29, 1.82) is 0 Å². The molecular formula is C21H17NO6S. The van der Waals surface area contributed by atoms with E-state index in [2.05, 4.69) is 5.16 Å². The summed E-state index contributed by atoms with van der Waals surface area (Å²) in [7, 11) is 1.49. The second-order valence-electron chi connectivity index (χ2n) is 6.33. The molecule has 1 aliphatic heterocycles. The molecule has 2 aromatic heterocycles. The van der Waals surface area contributed by atoms with Gasteiger partial charge in [-0.1, -0.05) is 6.07 Å². The number of ether oxygens (including phenoxy) is 3. The van der Waals surface area contributed by atoms with E-state index in [1.54, 1.807) is 31.2 Å². The molecule has 0 atom stereocenters. The molecule has 1 aromatic carbocycles. The topological polar surface area (TPSA) is 87.9 Å². The summed E-state index contributed by atoms with van der Waals surface area (Å²) in [6.45, 7) is 1.75. The lowest BCUT2D eigenvalue weighted by Crippen LogP contribution is -2.10. The highest BCUT2D eigenvalue weighted by Crippen LogP contribution is 2.39. The Hall–Kier alpha value is -3.39. The van der Waals surface area contributed by atoms with Crippen LogP contribution in [0.4, 0.5) is 0 Å². The Bertz CT molecular complexity index is 1100. The quantitative estimate of drug-likeness (QED) is 0.341. The van der Waals surface area contributed by atoms with Gasteiger partial charge in [0, 0.05) is 29.0 Å². The predicted molar refractivity (Wildman–Crippen MR) is 105 cm³/mol. The number of allylic oxidation sites excluding steroid dienone is 1. The van der Waals surface area contributed by atoms with E-state index in [4.69, 9.17) is 18.7 Å². The molecule has 7 nitrogen and oxygen atoms in total. The Kier molecular flexibility index (Phi) is 5.18. The van der Waals surface area contributed by atoms with Gasteiger partial charge in [-0.25, -0.2) is 0 Å². The summed E-state index contributed by atoms with van der Waals surface area (Å²) in [6, 6.07) is 8.65. The van der Waals surface area contributed by atoms with Crippen LogP contribution >= 0.6 is 11.3 Å². The number of nitrogens with zero attached hydrogens (tertiary/aromatic N) is 1. The van der Waals surface area contributed by atoms with Crippen molar-refractivity contribution in [2.45, 2.75) is 19.8 Å². The van der Waals surface area contributed by atoms with Gasteiger partial charge < -0.3 is 18.7 Å². The molecule has 3 aromatic rings. The molecule has 0 spiro atoms. The van der Waals surface area contributed by atoms with Crippen LogP contribution in [0.15, 0.2) is 46.0 Å². The highest BCUT2D eigenvalue weighted by molar-refractivity contribution is 7.10. The van der Waals surface area contributed by atoms with Crippen molar-refractivity contribution >= 4 is 29.2 Å². The second kappa shape index (κ2) is 7.92. The lowest BCUT2D eigenvalue weighted by molar-refractivity contribution is -0.134. The zero-order valence-electron chi connectivity index (χ0n) is 15.8. The van der Waals surface area contributed by atoms with E-state index in [9.17, 15) is 9.59 Å². The maximum absolute atomic E-state index is 12.6. The van der Waals surface area contributed by atoms with Crippen molar-refractivity contribution in [2.75, 3.05) is 7.11 Å². The maximum Gasteiger partial charge on any atom is 0.311 e. The van der Waals surface area contributed by atoms with Gasteiger partial charge in [0.05, 0.1) is 19.1 Å². The van der Waals surface area contributed by atoms with Crippen molar-refractivity contribution < 1.29 is 28.3 Å². The molecule has 0 amide bonds. The lowest BCUT2D eigenvalue weighted by atomic mass is 10.1. The van der Waals surface area contributed by atoms with Gasteiger partial charge >= 0.3 is 5.97 Å². The zero-order valence-corrected chi connectivity index (χ0v) is 16.6. The molecule has 0 bridgehead atoms. The minimum atomic E-state index is -0.429. The standard InChI is InChI=1S/C21H17NO6S/c1-12-16(26-19(23)8-5-13-10-18(25-2)22-28-13)7-6-15-20(24)17(27-21(12)15)11-14-4-3-9-29-14/h3-4,6-7,9-11H,5,8H2,1-2H3/b17-11-. The van der Waals surface area contributed by atoms with Crippen LogP contribution in [-0.4, -0.2) is 24.0 Å². The van der Waals surface area contributed by atoms with E-state index in [0.717, 1.165) is 4.88 Å². The van der Waals surface area contributed by atoms with Crippen LogP contribution in [0.25, 0.3) is 6.08 Å². The number of benzene rings is 1. The molecule has 4 rings (SSSR count). The number of ketones is 1. The van der Waals surface area contributed by atoms with Crippen molar-refractivity contribution in [1.82, 2.24) is 5.16 Å². The average molecular weight is 411 g/mol. The van der Waals surface area contributed by atoms with E-state index in [0.29, 0.717) is 40.7 Å². The van der Waals surface area contributed by atoms with Crippen molar-refractivity contribution in [3.05, 3.63) is 63.2 Å². The number of esters is 1.